The highest BCUT2D eigenvalue weighted by atomic mass is 19.4. The summed E-state index contributed by atoms with van der Waals surface area (Å²) < 4.78 is 47.1. The lowest BCUT2D eigenvalue weighted by molar-refractivity contribution is -0.136. The van der Waals surface area contributed by atoms with E-state index in [1.54, 1.807) is 31.5 Å². The fourth-order valence-electron chi connectivity index (χ4n) is 2.04. The van der Waals surface area contributed by atoms with Gasteiger partial charge in [0.25, 0.3) is 0 Å². The maximum Gasteiger partial charge on any atom is 0.389 e. The molecule has 2 aromatic rings. The monoisotopic (exact) mass is 342 g/mol. The van der Waals surface area contributed by atoms with Crippen LogP contribution in [0, 0.1) is 0 Å². The number of benzene rings is 1. The summed E-state index contributed by atoms with van der Waals surface area (Å²) in [6, 6.07) is 5.00. The summed E-state index contributed by atoms with van der Waals surface area (Å²) in [4.78, 5) is 3.90. The van der Waals surface area contributed by atoms with Gasteiger partial charge in [-0.1, -0.05) is 0 Å². The SMILES string of the molecule is CN=Cc1n[nH]nc1-c1cc(OC)cc(OCCCC(F)(F)F)c1. The van der Waals surface area contributed by atoms with Crippen LogP contribution in [0.1, 0.15) is 18.5 Å². The Hall–Kier alpha value is -2.58. The molecular formula is C15H17F3N4O2. The number of hydrogen-bond donors (Lipinski definition) is 1. The van der Waals surface area contributed by atoms with Crippen LogP contribution in [0.5, 0.6) is 11.5 Å². The minimum Gasteiger partial charge on any atom is -0.497 e. The normalized spacial score (nSPS) is 11.9. The number of nitrogens with zero attached hydrogens (tertiary/aromatic N) is 3. The predicted octanol–water partition coefficient (Wildman–Crippen LogP) is 3.25. The van der Waals surface area contributed by atoms with Crippen molar-refractivity contribution in [3.05, 3.63) is 23.9 Å². The van der Waals surface area contributed by atoms with Crippen molar-refractivity contribution in [2.24, 2.45) is 4.99 Å². The second-order valence-corrected chi connectivity index (χ2v) is 4.91. The summed E-state index contributed by atoms with van der Waals surface area (Å²) in [5.41, 5.74) is 1.73. The molecule has 9 heteroatoms. The quantitative estimate of drug-likeness (QED) is 0.619. The molecule has 24 heavy (non-hydrogen) atoms. The molecule has 0 spiro atoms. The van der Waals surface area contributed by atoms with E-state index in [9.17, 15) is 13.2 Å². The third-order valence-electron chi connectivity index (χ3n) is 3.09. The van der Waals surface area contributed by atoms with Gasteiger partial charge in [-0.05, 0) is 18.6 Å². The van der Waals surface area contributed by atoms with Gasteiger partial charge in [-0.25, -0.2) is 0 Å². The zero-order chi connectivity index (χ0) is 17.6. The van der Waals surface area contributed by atoms with Crippen LogP contribution in [0.25, 0.3) is 11.3 Å². The van der Waals surface area contributed by atoms with Gasteiger partial charge in [0, 0.05) is 25.1 Å². The molecule has 0 amide bonds. The van der Waals surface area contributed by atoms with E-state index in [4.69, 9.17) is 9.47 Å². The van der Waals surface area contributed by atoms with Gasteiger partial charge < -0.3 is 9.47 Å². The Morgan fingerprint density at radius 3 is 2.62 bits per heavy atom. The smallest absolute Gasteiger partial charge is 0.389 e. The highest BCUT2D eigenvalue weighted by Crippen LogP contribution is 2.30. The molecule has 0 saturated heterocycles. The largest absolute Gasteiger partial charge is 0.497 e. The number of aromatic amines is 1. The van der Waals surface area contributed by atoms with Crippen molar-refractivity contribution in [2.75, 3.05) is 20.8 Å². The van der Waals surface area contributed by atoms with E-state index in [-0.39, 0.29) is 13.0 Å². The lowest BCUT2D eigenvalue weighted by atomic mass is 10.1. The third kappa shape index (κ3) is 4.97. The molecule has 6 nitrogen and oxygen atoms in total. The molecule has 0 bridgehead atoms. The van der Waals surface area contributed by atoms with E-state index in [1.165, 1.54) is 7.11 Å². The lowest BCUT2D eigenvalue weighted by Crippen LogP contribution is -2.09. The molecule has 1 N–H and O–H groups in total. The molecule has 1 aromatic heterocycles. The number of hydrogen-bond acceptors (Lipinski definition) is 5. The molecular weight excluding hydrogens is 325 g/mol. The molecule has 1 aromatic carbocycles. The number of nitrogens with one attached hydrogen (secondary N) is 1. The summed E-state index contributed by atoms with van der Waals surface area (Å²) >= 11 is 0. The molecule has 0 saturated carbocycles. The molecule has 0 unspecified atom stereocenters. The van der Waals surface area contributed by atoms with Crippen molar-refractivity contribution in [3.63, 3.8) is 0 Å². The van der Waals surface area contributed by atoms with E-state index in [0.717, 1.165) is 0 Å². The highest BCUT2D eigenvalue weighted by Gasteiger charge is 2.26. The van der Waals surface area contributed by atoms with Crippen LogP contribution in [0.2, 0.25) is 0 Å². The van der Waals surface area contributed by atoms with Gasteiger partial charge in [-0.2, -0.15) is 28.6 Å². The highest BCUT2D eigenvalue weighted by molar-refractivity contribution is 5.86. The first-order chi connectivity index (χ1) is 11.4. The predicted molar refractivity (Wildman–Crippen MR) is 82.7 cm³/mol. The van der Waals surface area contributed by atoms with Gasteiger partial charge in [-0.15, -0.1) is 0 Å². The van der Waals surface area contributed by atoms with E-state index in [2.05, 4.69) is 20.4 Å². The summed E-state index contributed by atoms with van der Waals surface area (Å²) in [5, 5.41) is 10.6. The molecule has 0 radical (unpaired) electrons. The molecule has 0 aliphatic carbocycles. The molecule has 0 aliphatic rings. The summed E-state index contributed by atoms with van der Waals surface area (Å²) in [6.45, 7) is -0.0474. The average molecular weight is 342 g/mol. The fraction of sp³-hybridized carbons (Fsp3) is 0.400. The Bertz CT molecular complexity index is 698. The fourth-order valence-corrected chi connectivity index (χ4v) is 2.04. The number of alkyl halides is 3. The third-order valence-corrected chi connectivity index (χ3v) is 3.09. The van der Waals surface area contributed by atoms with E-state index < -0.39 is 12.6 Å². The first-order valence-electron chi connectivity index (χ1n) is 7.15. The number of H-pyrrole nitrogens is 1. The van der Waals surface area contributed by atoms with Crippen LogP contribution in [0.3, 0.4) is 0 Å². The molecule has 0 atom stereocenters. The van der Waals surface area contributed by atoms with Crippen LogP contribution >= 0.6 is 0 Å². The van der Waals surface area contributed by atoms with Crippen LogP contribution in [-0.4, -0.2) is 48.6 Å². The summed E-state index contributed by atoms with van der Waals surface area (Å²) in [7, 11) is 3.10. The first-order valence-corrected chi connectivity index (χ1v) is 7.15. The maximum absolute atomic E-state index is 12.2. The van der Waals surface area contributed by atoms with Gasteiger partial charge in [0.15, 0.2) is 0 Å². The number of rotatable bonds is 7. The van der Waals surface area contributed by atoms with Gasteiger partial charge >= 0.3 is 6.18 Å². The van der Waals surface area contributed by atoms with Crippen molar-refractivity contribution in [2.45, 2.75) is 19.0 Å². The van der Waals surface area contributed by atoms with Crippen LogP contribution in [0.4, 0.5) is 13.2 Å². The summed E-state index contributed by atoms with van der Waals surface area (Å²) in [5.74, 6) is 0.898. The number of aromatic nitrogens is 3. The molecule has 2 rings (SSSR count). The van der Waals surface area contributed by atoms with Gasteiger partial charge in [0.05, 0.1) is 19.9 Å². The van der Waals surface area contributed by atoms with Crippen molar-refractivity contribution in [1.82, 2.24) is 15.4 Å². The van der Waals surface area contributed by atoms with E-state index in [1.807, 2.05) is 0 Å². The number of ether oxygens (including phenoxy) is 2. The van der Waals surface area contributed by atoms with Crippen molar-refractivity contribution >= 4 is 6.21 Å². The molecule has 130 valence electrons. The minimum absolute atomic E-state index is 0.0474. The number of halogens is 3. The number of methoxy groups -OCH3 is 1. The second kappa shape index (κ2) is 7.80. The second-order valence-electron chi connectivity index (χ2n) is 4.91. The maximum atomic E-state index is 12.2. The zero-order valence-electron chi connectivity index (χ0n) is 13.2. The average Bonchev–Trinajstić information content (AvgIpc) is 2.99. The molecule has 1 heterocycles. The van der Waals surface area contributed by atoms with Crippen LogP contribution < -0.4 is 9.47 Å². The first kappa shape index (κ1) is 17.8. The van der Waals surface area contributed by atoms with Gasteiger partial charge in [0.2, 0.25) is 0 Å². The van der Waals surface area contributed by atoms with Crippen molar-refractivity contribution in [3.8, 4) is 22.8 Å². The lowest BCUT2D eigenvalue weighted by Gasteiger charge is -2.11. The van der Waals surface area contributed by atoms with Crippen LogP contribution in [0.15, 0.2) is 23.2 Å². The van der Waals surface area contributed by atoms with E-state index >= 15 is 0 Å². The Balaban J connectivity index is 2.17. The zero-order valence-corrected chi connectivity index (χ0v) is 13.2. The summed E-state index contributed by atoms with van der Waals surface area (Å²) in [6.07, 6.45) is -3.64. The Kier molecular flexibility index (Phi) is 5.78. The van der Waals surface area contributed by atoms with Crippen molar-refractivity contribution in [1.29, 1.82) is 0 Å². The van der Waals surface area contributed by atoms with E-state index in [0.29, 0.717) is 28.5 Å². The Labute approximate surface area is 136 Å². The Morgan fingerprint density at radius 2 is 1.96 bits per heavy atom. The topological polar surface area (TPSA) is 72.4 Å². The minimum atomic E-state index is -4.18. The van der Waals surface area contributed by atoms with Crippen molar-refractivity contribution < 1.29 is 22.6 Å². The molecule has 0 fully saturated rings. The van der Waals surface area contributed by atoms with Crippen LogP contribution in [-0.2, 0) is 0 Å². The van der Waals surface area contributed by atoms with Gasteiger partial charge in [0.1, 0.15) is 22.9 Å². The Morgan fingerprint density at radius 1 is 1.21 bits per heavy atom. The van der Waals surface area contributed by atoms with Gasteiger partial charge in [-0.3, -0.25) is 4.99 Å². The molecule has 0 aliphatic heterocycles. The number of aliphatic imine (C=N–C) groups is 1. The standard InChI is InChI=1S/C15H17F3N4O2/c1-19-9-13-14(21-22-20-13)10-6-11(23-2)8-12(7-10)24-5-3-4-15(16,17)18/h6-9H,3-5H2,1-2H3,(H,20,21,22).